The largest absolute Gasteiger partial charge is 0.260 e. The molecule has 1 aliphatic carbocycles. The SMILES string of the molecule is C1=Nc2c(ccc3c2=CCC=3)C1. The Bertz CT molecular complexity index is 480. The predicted octanol–water partition coefficient (Wildman–Crippen LogP) is 0.910. The van der Waals surface area contributed by atoms with Gasteiger partial charge in [-0.25, -0.2) is 0 Å². The molecule has 2 aliphatic rings. The molecule has 0 fully saturated rings. The van der Waals surface area contributed by atoms with E-state index in [9.17, 15) is 0 Å². The summed E-state index contributed by atoms with van der Waals surface area (Å²) in [5.74, 6) is 0. The van der Waals surface area contributed by atoms with Gasteiger partial charge in [-0.2, -0.15) is 0 Å². The van der Waals surface area contributed by atoms with Crippen LogP contribution in [0.4, 0.5) is 5.69 Å². The van der Waals surface area contributed by atoms with Gasteiger partial charge in [0.05, 0.1) is 5.69 Å². The van der Waals surface area contributed by atoms with E-state index in [1.54, 1.807) is 0 Å². The number of hydrogen-bond donors (Lipinski definition) is 0. The second-order valence-corrected chi connectivity index (χ2v) is 3.24. The van der Waals surface area contributed by atoms with E-state index in [0.717, 1.165) is 12.8 Å². The van der Waals surface area contributed by atoms with Crippen LogP contribution in [-0.2, 0) is 6.42 Å². The van der Waals surface area contributed by atoms with Crippen molar-refractivity contribution in [1.82, 2.24) is 0 Å². The first-order valence-corrected chi connectivity index (χ1v) is 4.30. The second kappa shape index (κ2) is 2.07. The average Bonchev–Trinajstić information content (AvgIpc) is 2.71. The van der Waals surface area contributed by atoms with Gasteiger partial charge in [-0.1, -0.05) is 24.3 Å². The molecular formula is C11H9N. The zero-order chi connectivity index (χ0) is 7.97. The van der Waals surface area contributed by atoms with E-state index in [2.05, 4.69) is 29.3 Å². The number of nitrogens with zero attached hydrogens (tertiary/aromatic N) is 1. The van der Waals surface area contributed by atoms with Crippen LogP contribution in [0.3, 0.4) is 0 Å². The summed E-state index contributed by atoms with van der Waals surface area (Å²) < 4.78 is 0. The number of aliphatic imine (C=N–C) groups is 1. The highest BCUT2D eigenvalue weighted by molar-refractivity contribution is 5.77. The van der Waals surface area contributed by atoms with Crippen molar-refractivity contribution >= 4 is 24.1 Å². The van der Waals surface area contributed by atoms with Gasteiger partial charge in [0.1, 0.15) is 0 Å². The molecule has 1 nitrogen and oxygen atoms in total. The summed E-state index contributed by atoms with van der Waals surface area (Å²) in [6, 6.07) is 4.39. The first-order valence-electron chi connectivity index (χ1n) is 4.30. The molecule has 1 heterocycles. The minimum absolute atomic E-state index is 1.01. The Labute approximate surface area is 70.8 Å². The maximum absolute atomic E-state index is 4.39. The number of fused-ring (bicyclic) bond motifs is 3. The highest BCUT2D eigenvalue weighted by Crippen LogP contribution is 2.18. The van der Waals surface area contributed by atoms with Crippen LogP contribution in [0.2, 0.25) is 0 Å². The molecule has 0 aromatic heterocycles. The minimum Gasteiger partial charge on any atom is -0.260 e. The molecule has 1 heteroatoms. The van der Waals surface area contributed by atoms with E-state index in [-0.39, 0.29) is 0 Å². The monoisotopic (exact) mass is 155 g/mol. The molecule has 0 saturated heterocycles. The maximum Gasteiger partial charge on any atom is 0.0736 e. The molecule has 0 radical (unpaired) electrons. The van der Waals surface area contributed by atoms with E-state index < -0.39 is 0 Å². The van der Waals surface area contributed by atoms with Gasteiger partial charge in [0, 0.05) is 17.9 Å². The zero-order valence-electron chi connectivity index (χ0n) is 6.75. The van der Waals surface area contributed by atoms with Gasteiger partial charge in [0.25, 0.3) is 0 Å². The Morgan fingerprint density at radius 3 is 3.17 bits per heavy atom. The molecule has 3 rings (SSSR count). The summed E-state index contributed by atoms with van der Waals surface area (Å²) in [7, 11) is 0. The Hall–Kier alpha value is -1.37. The fraction of sp³-hybridized carbons (Fsp3) is 0.182. The lowest BCUT2D eigenvalue weighted by atomic mass is 10.1. The third kappa shape index (κ3) is 0.658. The lowest BCUT2D eigenvalue weighted by Gasteiger charge is -1.95. The van der Waals surface area contributed by atoms with Gasteiger partial charge >= 0.3 is 0 Å². The summed E-state index contributed by atoms with van der Waals surface area (Å²) in [5, 5.41) is 2.70. The van der Waals surface area contributed by atoms with Gasteiger partial charge in [-0.05, 0) is 17.2 Å². The summed E-state index contributed by atoms with van der Waals surface area (Å²) in [6.45, 7) is 0. The molecule has 0 spiro atoms. The van der Waals surface area contributed by atoms with E-state index in [1.165, 1.54) is 21.7 Å². The minimum atomic E-state index is 1.01. The highest BCUT2D eigenvalue weighted by Gasteiger charge is 2.08. The Kier molecular flexibility index (Phi) is 1.06. The fourth-order valence-electron chi connectivity index (χ4n) is 1.92. The van der Waals surface area contributed by atoms with Crippen LogP contribution in [-0.4, -0.2) is 6.21 Å². The Morgan fingerprint density at radius 1 is 1.17 bits per heavy atom. The van der Waals surface area contributed by atoms with Crippen molar-refractivity contribution in [3.63, 3.8) is 0 Å². The van der Waals surface area contributed by atoms with Crippen LogP contribution in [0.15, 0.2) is 17.1 Å². The topological polar surface area (TPSA) is 12.4 Å². The summed E-state index contributed by atoms with van der Waals surface area (Å²) >= 11 is 0. The van der Waals surface area contributed by atoms with Crippen molar-refractivity contribution in [2.24, 2.45) is 4.99 Å². The van der Waals surface area contributed by atoms with E-state index in [4.69, 9.17) is 0 Å². The lowest BCUT2D eigenvalue weighted by Crippen LogP contribution is -2.21. The molecule has 0 bridgehead atoms. The first kappa shape index (κ1) is 6.18. The third-order valence-corrected chi connectivity index (χ3v) is 2.53. The van der Waals surface area contributed by atoms with Crippen molar-refractivity contribution in [3.05, 3.63) is 28.1 Å². The van der Waals surface area contributed by atoms with Crippen molar-refractivity contribution in [2.75, 3.05) is 0 Å². The standard InChI is InChI=1S/C11H9N/c1-2-8-4-5-9-6-7-12-11(9)10(8)3-1/h2-5,7H,1,6H2. The van der Waals surface area contributed by atoms with Crippen molar-refractivity contribution < 1.29 is 0 Å². The summed E-state index contributed by atoms with van der Waals surface area (Å²) in [6.07, 6.45) is 8.59. The van der Waals surface area contributed by atoms with Crippen molar-refractivity contribution in [3.8, 4) is 0 Å². The Morgan fingerprint density at radius 2 is 2.17 bits per heavy atom. The highest BCUT2D eigenvalue weighted by atomic mass is 14.7. The maximum atomic E-state index is 4.39. The second-order valence-electron chi connectivity index (χ2n) is 3.24. The molecule has 0 unspecified atom stereocenters. The van der Waals surface area contributed by atoms with Crippen LogP contribution in [0.25, 0.3) is 12.2 Å². The molecule has 0 saturated carbocycles. The normalized spacial score (nSPS) is 16.7. The molecule has 0 atom stereocenters. The molecule has 58 valence electrons. The number of hydrogen-bond acceptors (Lipinski definition) is 1. The lowest BCUT2D eigenvalue weighted by molar-refractivity contribution is 1.37. The van der Waals surface area contributed by atoms with Crippen LogP contribution in [0, 0.1) is 0 Å². The van der Waals surface area contributed by atoms with E-state index >= 15 is 0 Å². The van der Waals surface area contributed by atoms with Gasteiger partial charge in [0.2, 0.25) is 0 Å². The molecule has 12 heavy (non-hydrogen) atoms. The molecular weight excluding hydrogens is 146 g/mol. The summed E-state index contributed by atoms with van der Waals surface area (Å²) in [5.41, 5.74) is 2.58. The van der Waals surface area contributed by atoms with Gasteiger partial charge < -0.3 is 0 Å². The predicted molar refractivity (Wildman–Crippen MR) is 51.1 cm³/mol. The molecule has 1 aromatic carbocycles. The van der Waals surface area contributed by atoms with Crippen molar-refractivity contribution in [2.45, 2.75) is 12.8 Å². The van der Waals surface area contributed by atoms with Gasteiger partial charge in [-0.15, -0.1) is 0 Å². The van der Waals surface area contributed by atoms with Gasteiger partial charge in [0.15, 0.2) is 0 Å². The van der Waals surface area contributed by atoms with Crippen molar-refractivity contribution in [1.29, 1.82) is 0 Å². The number of rotatable bonds is 0. The first-order chi connectivity index (χ1) is 5.95. The smallest absolute Gasteiger partial charge is 0.0736 e. The quantitative estimate of drug-likeness (QED) is 0.528. The van der Waals surface area contributed by atoms with E-state index in [0.29, 0.717) is 0 Å². The van der Waals surface area contributed by atoms with Gasteiger partial charge in [-0.3, -0.25) is 4.99 Å². The summed E-state index contributed by atoms with van der Waals surface area (Å²) in [4.78, 5) is 4.39. The molecule has 1 aromatic rings. The molecule has 0 N–H and O–H groups in total. The molecule has 1 aliphatic heterocycles. The van der Waals surface area contributed by atoms with Crippen LogP contribution < -0.4 is 10.4 Å². The fourth-order valence-corrected chi connectivity index (χ4v) is 1.92. The molecule has 0 amide bonds. The number of benzene rings is 1. The van der Waals surface area contributed by atoms with Crippen LogP contribution >= 0.6 is 0 Å². The third-order valence-electron chi connectivity index (χ3n) is 2.53. The van der Waals surface area contributed by atoms with E-state index in [1.807, 2.05) is 6.21 Å². The zero-order valence-corrected chi connectivity index (χ0v) is 6.75. The Balaban J connectivity index is 2.54. The average molecular weight is 155 g/mol. The van der Waals surface area contributed by atoms with Crippen LogP contribution in [0.1, 0.15) is 12.0 Å². The van der Waals surface area contributed by atoms with Crippen LogP contribution in [0.5, 0.6) is 0 Å².